The number of nitrogens with two attached hydrogens (primary N) is 1. The van der Waals surface area contributed by atoms with Gasteiger partial charge in [-0.25, -0.2) is 9.98 Å². The lowest BCUT2D eigenvalue weighted by Gasteiger charge is -2.41. The van der Waals surface area contributed by atoms with Gasteiger partial charge >= 0.3 is 0 Å². The number of hydrogen-bond donors (Lipinski definition) is 3. The first-order valence-electron chi connectivity index (χ1n) is 22.7. The maximum absolute atomic E-state index is 14.1. The van der Waals surface area contributed by atoms with Crippen molar-refractivity contribution >= 4 is 50.3 Å². The van der Waals surface area contributed by atoms with Crippen LogP contribution >= 0.6 is 0 Å². The minimum Gasteiger partial charge on any atom is -0.497 e. The third kappa shape index (κ3) is 6.36. The first-order chi connectivity index (χ1) is 33.2. The Bertz CT molecular complexity index is 3300. The summed E-state index contributed by atoms with van der Waals surface area (Å²) in [6, 6.07) is 53.7. The molecule has 12 rings (SSSR count). The summed E-state index contributed by atoms with van der Waals surface area (Å²) >= 11 is 0. The quantitative estimate of drug-likeness (QED) is 0.0584. The van der Waals surface area contributed by atoms with E-state index in [0.717, 1.165) is 27.6 Å². The van der Waals surface area contributed by atoms with E-state index >= 15 is 0 Å². The number of methoxy groups -OCH3 is 2. The average Bonchev–Trinajstić information content (AvgIpc) is 4.04. The van der Waals surface area contributed by atoms with Crippen molar-refractivity contribution in [1.29, 1.82) is 0 Å². The number of anilines is 1. The van der Waals surface area contributed by atoms with Crippen LogP contribution in [0.4, 0.5) is 5.82 Å². The SMILES string of the molecule is COc1ccc(C(OC[C@@]23CN(Cc4ccc5ccc6cccc7ccc4c5c67)[C@H]([C@H](n4cnc5c4NC=NC5(N)C(=O)c4ccccc4)O2)[C@H]3O)(c2ccccc2)c2ccc(OC)cc2)cc1. The van der Waals surface area contributed by atoms with Gasteiger partial charge in [-0.3, -0.25) is 20.0 Å². The number of ether oxygens (including phenoxy) is 4. The van der Waals surface area contributed by atoms with Crippen LogP contribution in [0.25, 0.3) is 32.3 Å². The monoisotopic (exact) mass is 900 g/mol. The zero-order chi connectivity index (χ0) is 46.2. The van der Waals surface area contributed by atoms with Crippen LogP contribution in [0.5, 0.6) is 11.5 Å². The Morgan fingerprint density at radius 2 is 1.37 bits per heavy atom. The van der Waals surface area contributed by atoms with Crippen molar-refractivity contribution in [3.63, 3.8) is 0 Å². The molecule has 1 unspecified atom stereocenters. The molecular weight excluding hydrogens is 853 g/mol. The van der Waals surface area contributed by atoms with E-state index in [-0.39, 0.29) is 12.3 Å². The molecule has 0 radical (unpaired) electrons. The molecule has 4 heterocycles. The molecule has 1 aromatic heterocycles. The summed E-state index contributed by atoms with van der Waals surface area (Å²) < 4.78 is 27.9. The first kappa shape index (κ1) is 41.9. The van der Waals surface area contributed by atoms with Gasteiger partial charge in [-0.05, 0) is 78.8 Å². The molecule has 2 saturated heterocycles. The van der Waals surface area contributed by atoms with Gasteiger partial charge in [-0.1, -0.05) is 140 Å². The smallest absolute Gasteiger partial charge is 0.219 e. The molecule has 0 saturated carbocycles. The molecule has 3 aliphatic rings. The fraction of sp³-hybridized carbons (Fsp3) is 0.196. The van der Waals surface area contributed by atoms with Gasteiger partial charge in [0, 0.05) is 18.7 Å². The summed E-state index contributed by atoms with van der Waals surface area (Å²) in [5.74, 6) is 1.46. The Labute approximate surface area is 392 Å². The number of aliphatic hydroxyl groups excluding tert-OH is 1. The zero-order valence-electron chi connectivity index (χ0n) is 37.5. The molecule has 0 aliphatic carbocycles. The van der Waals surface area contributed by atoms with Crippen molar-refractivity contribution in [3.8, 4) is 11.5 Å². The highest BCUT2D eigenvalue weighted by Crippen LogP contribution is 2.52. The summed E-state index contributed by atoms with van der Waals surface area (Å²) in [7, 11) is 3.29. The Morgan fingerprint density at radius 3 is 2.03 bits per heavy atom. The lowest BCUT2D eigenvalue weighted by Crippen LogP contribution is -2.50. The zero-order valence-corrected chi connectivity index (χ0v) is 37.5. The number of likely N-dealkylation sites (tertiary alicyclic amines) is 1. The van der Waals surface area contributed by atoms with Crippen LogP contribution in [-0.4, -0.2) is 76.8 Å². The number of carbonyl (C=O) groups is 1. The van der Waals surface area contributed by atoms with Crippen LogP contribution in [0, 0.1) is 0 Å². The van der Waals surface area contributed by atoms with Crippen LogP contribution < -0.4 is 20.5 Å². The molecule has 2 bridgehead atoms. The summed E-state index contributed by atoms with van der Waals surface area (Å²) in [6.07, 6.45) is 1.21. The lowest BCUT2D eigenvalue weighted by molar-refractivity contribution is -0.178. The number of Topliss-reactive ketones (excluding diaryl/α,β-unsaturated/α-hetero) is 1. The van der Waals surface area contributed by atoms with E-state index in [1.165, 1.54) is 33.3 Å². The molecule has 0 spiro atoms. The number of aliphatic imine (C=N–C) groups is 1. The second kappa shape index (κ2) is 16.1. The van der Waals surface area contributed by atoms with Gasteiger partial charge in [-0.2, -0.15) is 0 Å². The molecule has 8 aromatic carbocycles. The normalized spacial score (nSPS) is 22.2. The number of ketones is 1. The lowest BCUT2D eigenvalue weighted by atomic mass is 9.79. The Kier molecular flexibility index (Phi) is 9.94. The molecule has 9 aromatic rings. The van der Waals surface area contributed by atoms with Gasteiger partial charge in [0.05, 0.1) is 39.5 Å². The van der Waals surface area contributed by atoms with E-state index in [9.17, 15) is 9.90 Å². The average molecular weight is 901 g/mol. The summed E-state index contributed by atoms with van der Waals surface area (Å²) in [5, 5.41) is 23.4. The van der Waals surface area contributed by atoms with E-state index in [1.54, 1.807) is 44.8 Å². The number of aliphatic hydroxyl groups is 1. The van der Waals surface area contributed by atoms with Gasteiger partial charge in [0.1, 0.15) is 40.3 Å². The number of morpholine rings is 1. The second-order valence-electron chi connectivity index (χ2n) is 18.0. The fourth-order valence-electron chi connectivity index (χ4n) is 11.0. The number of rotatable bonds is 13. The third-order valence-corrected chi connectivity index (χ3v) is 14.4. The van der Waals surface area contributed by atoms with E-state index < -0.39 is 41.0 Å². The van der Waals surface area contributed by atoms with E-state index in [0.29, 0.717) is 36.0 Å². The number of hydrogen-bond acceptors (Lipinski definition) is 11. The van der Waals surface area contributed by atoms with Crippen molar-refractivity contribution in [3.05, 3.63) is 204 Å². The molecular formula is C56H48N6O6. The number of nitrogens with zero attached hydrogens (tertiary/aromatic N) is 4. The predicted molar refractivity (Wildman–Crippen MR) is 262 cm³/mol. The van der Waals surface area contributed by atoms with Crippen LogP contribution in [0.15, 0.2) is 175 Å². The molecule has 2 fully saturated rings. The molecule has 4 N–H and O–H groups in total. The number of imidazole rings is 1. The third-order valence-electron chi connectivity index (χ3n) is 14.4. The van der Waals surface area contributed by atoms with Crippen LogP contribution in [0.3, 0.4) is 0 Å². The highest BCUT2D eigenvalue weighted by Gasteiger charge is 2.65. The van der Waals surface area contributed by atoms with Crippen LogP contribution in [0.2, 0.25) is 0 Å². The number of aromatic nitrogens is 2. The van der Waals surface area contributed by atoms with Gasteiger partial charge in [0.2, 0.25) is 11.4 Å². The van der Waals surface area contributed by atoms with E-state index in [4.69, 9.17) is 29.7 Å². The van der Waals surface area contributed by atoms with Crippen molar-refractivity contribution in [2.24, 2.45) is 10.7 Å². The Balaban J connectivity index is 0.983. The molecule has 5 atom stereocenters. The maximum Gasteiger partial charge on any atom is 0.219 e. The standard InChI is InChI=1S/C56H48N6O6/c1-65-43-25-21-41(22-26-43)55(40-14-7-4-8-15-40,42-23-27-44(66-2)28-24-42)67-32-54-31-61(30-39-19-18-37-17-16-35-12-9-13-36-20-29-45(39)47(37)46(35)36)48(51(54)64)53(68-54)62-34-59-49-52(62)58-33-60-56(49,57)50(63)38-10-5-3-6-11-38/h3-29,33-34,48,51,53,64H,30-32,57H2,1-2H3,(H,58,60)/t48-,51+,53+,54+,56?/m0/s1. The highest BCUT2D eigenvalue weighted by molar-refractivity contribution is 6.23. The van der Waals surface area contributed by atoms with Crippen LogP contribution in [-0.2, 0) is 27.3 Å². The van der Waals surface area contributed by atoms with Crippen LogP contribution in [0.1, 0.15) is 44.5 Å². The molecule has 68 heavy (non-hydrogen) atoms. The first-order valence-corrected chi connectivity index (χ1v) is 22.7. The van der Waals surface area contributed by atoms with Crippen molar-refractivity contribution < 1.29 is 28.8 Å². The highest BCUT2D eigenvalue weighted by atomic mass is 16.6. The minimum absolute atomic E-state index is 0.0256. The number of carbonyl (C=O) groups excluding carboxylic acids is 1. The number of benzene rings is 8. The molecule has 3 aliphatic heterocycles. The molecule has 12 heteroatoms. The fourth-order valence-corrected chi connectivity index (χ4v) is 11.0. The van der Waals surface area contributed by atoms with E-state index in [2.05, 4.69) is 81.9 Å². The Hall–Kier alpha value is -7.45. The summed E-state index contributed by atoms with van der Waals surface area (Å²) in [6.45, 7) is 0.812. The van der Waals surface area contributed by atoms with Crippen molar-refractivity contribution in [2.75, 3.05) is 32.7 Å². The van der Waals surface area contributed by atoms with Gasteiger partial charge in [0.25, 0.3) is 0 Å². The van der Waals surface area contributed by atoms with Gasteiger partial charge in [0.15, 0.2) is 6.23 Å². The number of nitrogens with one attached hydrogen (secondary N) is 1. The van der Waals surface area contributed by atoms with Crippen molar-refractivity contribution in [1.82, 2.24) is 14.5 Å². The van der Waals surface area contributed by atoms with E-state index in [1.807, 2.05) is 77.4 Å². The largest absolute Gasteiger partial charge is 0.497 e. The topological polar surface area (TPSA) is 146 Å². The van der Waals surface area contributed by atoms with Gasteiger partial charge < -0.3 is 29.4 Å². The van der Waals surface area contributed by atoms with Crippen molar-refractivity contribution in [2.45, 2.75) is 41.8 Å². The predicted octanol–water partition coefficient (Wildman–Crippen LogP) is 8.77. The molecule has 12 nitrogen and oxygen atoms in total. The summed E-state index contributed by atoms with van der Waals surface area (Å²) in [4.78, 5) is 25.7. The van der Waals surface area contributed by atoms with Gasteiger partial charge in [-0.15, -0.1) is 0 Å². The summed E-state index contributed by atoms with van der Waals surface area (Å²) in [5.41, 5.74) is 7.03. The minimum atomic E-state index is -1.81. The molecule has 0 amide bonds. The number of fused-ring (bicyclic) bond motifs is 3. The molecule has 338 valence electrons. The second-order valence-corrected chi connectivity index (χ2v) is 18.0. The Morgan fingerprint density at radius 1 is 0.765 bits per heavy atom. The maximum atomic E-state index is 14.1.